The quantitative estimate of drug-likeness (QED) is 0.223. The molecule has 5 rings (SSSR count). The molecule has 0 saturated carbocycles. The molecule has 0 unspecified atom stereocenters. The standard InChI is InChI=1S/C26H29N7O7S2/c1-37-17-4-3-5-18(38-2)21(17)16-12-19(23(35)29-25-30-31-26(42-25)33-20(27)6-7-28-33)40-24(36)22(16)39-10-8-32-9-11-41-14-15(32)13-34/h3-7,12,15,34H,8-11,13-14,27H2,1-2H3,(H,29,30,35)/t15-/m1/s1. The fourth-order valence-electron chi connectivity index (χ4n) is 4.43. The summed E-state index contributed by atoms with van der Waals surface area (Å²) in [5, 5.41) is 24.8. The summed E-state index contributed by atoms with van der Waals surface area (Å²) in [4.78, 5) is 28.7. The van der Waals surface area contributed by atoms with E-state index in [2.05, 4.69) is 25.5 Å². The van der Waals surface area contributed by atoms with E-state index in [0.717, 1.165) is 29.4 Å². The minimum atomic E-state index is -0.860. The summed E-state index contributed by atoms with van der Waals surface area (Å²) in [5.74, 6) is 1.78. The Morgan fingerprint density at radius 1 is 1.24 bits per heavy atom. The number of benzene rings is 1. The first-order valence-corrected chi connectivity index (χ1v) is 14.8. The molecule has 16 heteroatoms. The zero-order valence-electron chi connectivity index (χ0n) is 22.8. The maximum atomic E-state index is 13.3. The molecule has 1 fully saturated rings. The maximum Gasteiger partial charge on any atom is 0.379 e. The van der Waals surface area contributed by atoms with Gasteiger partial charge in [-0.1, -0.05) is 17.4 Å². The molecule has 1 atom stereocenters. The Morgan fingerprint density at radius 3 is 2.71 bits per heavy atom. The highest BCUT2D eigenvalue weighted by Gasteiger charge is 2.26. The number of aliphatic hydroxyl groups is 1. The molecule has 4 heterocycles. The second-order valence-electron chi connectivity index (χ2n) is 8.99. The topological polar surface area (TPSA) is 180 Å². The van der Waals surface area contributed by atoms with E-state index < -0.39 is 11.5 Å². The van der Waals surface area contributed by atoms with Crippen LogP contribution in [0.25, 0.3) is 16.3 Å². The summed E-state index contributed by atoms with van der Waals surface area (Å²) in [6.07, 6.45) is 1.51. The zero-order chi connectivity index (χ0) is 29.6. The van der Waals surface area contributed by atoms with Crippen molar-refractivity contribution < 1.29 is 28.5 Å². The highest BCUT2D eigenvalue weighted by atomic mass is 32.2. The van der Waals surface area contributed by atoms with Gasteiger partial charge in [-0.25, -0.2) is 4.79 Å². The van der Waals surface area contributed by atoms with Crippen LogP contribution in [0, 0.1) is 0 Å². The van der Waals surface area contributed by atoms with E-state index in [0.29, 0.717) is 34.6 Å². The number of nitrogen functional groups attached to an aromatic ring is 1. The molecule has 0 aliphatic carbocycles. The predicted molar refractivity (Wildman–Crippen MR) is 158 cm³/mol. The summed E-state index contributed by atoms with van der Waals surface area (Å²) < 4.78 is 23.9. The molecule has 4 aromatic rings. The van der Waals surface area contributed by atoms with Crippen molar-refractivity contribution in [1.29, 1.82) is 0 Å². The molecule has 1 saturated heterocycles. The van der Waals surface area contributed by atoms with Crippen LogP contribution in [-0.4, -0.2) is 94.0 Å². The SMILES string of the molecule is COc1cccc(OC)c1-c1cc(C(=O)Nc2nnc(-n3nccc3N)s2)oc(=O)c1OCCN1CCSC[C@H]1CO. The van der Waals surface area contributed by atoms with Crippen molar-refractivity contribution in [2.24, 2.45) is 0 Å². The molecular formula is C26H29N7O7S2. The number of ether oxygens (including phenoxy) is 3. The van der Waals surface area contributed by atoms with Crippen molar-refractivity contribution in [2.75, 3.05) is 63.1 Å². The number of nitrogens with one attached hydrogen (secondary N) is 1. The number of amides is 1. The summed E-state index contributed by atoms with van der Waals surface area (Å²) in [6, 6.07) is 8.15. The van der Waals surface area contributed by atoms with E-state index in [1.54, 1.807) is 36.0 Å². The first kappa shape index (κ1) is 29.4. The van der Waals surface area contributed by atoms with Crippen molar-refractivity contribution in [3.8, 4) is 33.5 Å². The summed E-state index contributed by atoms with van der Waals surface area (Å²) in [5.41, 5.74) is 5.67. The molecule has 3 aromatic heterocycles. The van der Waals surface area contributed by atoms with Gasteiger partial charge in [-0.05, 0) is 18.2 Å². The van der Waals surface area contributed by atoms with Gasteiger partial charge in [-0.3, -0.25) is 15.0 Å². The van der Waals surface area contributed by atoms with Crippen LogP contribution >= 0.6 is 23.1 Å². The smallest absolute Gasteiger partial charge is 0.379 e. The summed E-state index contributed by atoms with van der Waals surface area (Å²) >= 11 is 2.82. The van der Waals surface area contributed by atoms with Gasteiger partial charge in [-0.15, -0.1) is 10.2 Å². The van der Waals surface area contributed by atoms with E-state index in [9.17, 15) is 14.7 Å². The molecule has 222 valence electrons. The molecular weight excluding hydrogens is 586 g/mol. The normalized spacial score (nSPS) is 15.4. The predicted octanol–water partition coefficient (Wildman–Crippen LogP) is 1.98. The van der Waals surface area contributed by atoms with E-state index in [1.807, 2.05) is 0 Å². The van der Waals surface area contributed by atoms with Crippen LogP contribution < -0.4 is 30.9 Å². The van der Waals surface area contributed by atoms with Crippen LogP contribution in [0.1, 0.15) is 10.6 Å². The first-order valence-electron chi connectivity index (χ1n) is 12.8. The third-order valence-corrected chi connectivity index (χ3v) is 8.41. The fraction of sp³-hybridized carbons (Fsp3) is 0.346. The van der Waals surface area contributed by atoms with Crippen molar-refractivity contribution in [1.82, 2.24) is 24.9 Å². The Balaban J connectivity index is 1.46. The second kappa shape index (κ2) is 13.2. The molecule has 14 nitrogen and oxygen atoms in total. The summed E-state index contributed by atoms with van der Waals surface area (Å²) in [7, 11) is 2.97. The van der Waals surface area contributed by atoms with Gasteiger partial charge in [0.05, 0.1) is 32.6 Å². The van der Waals surface area contributed by atoms with Gasteiger partial charge >= 0.3 is 5.63 Å². The van der Waals surface area contributed by atoms with E-state index in [-0.39, 0.29) is 41.5 Å². The van der Waals surface area contributed by atoms with Gasteiger partial charge in [0, 0.05) is 42.3 Å². The number of rotatable bonds is 11. The highest BCUT2D eigenvalue weighted by Crippen LogP contribution is 2.42. The number of carbonyl (C=O) groups is 1. The molecule has 4 N–H and O–H groups in total. The number of carbonyl (C=O) groups excluding carboxylic acids is 1. The molecule has 0 spiro atoms. The largest absolute Gasteiger partial charge is 0.496 e. The minimum absolute atomic E-state index is 0.00853. The van der Waals surface area contributed by atoms with E-state index >= 15 is 0 Å². The molecule has 0 bridgehead atoms. The van der Waals surface area contributed by atoms with Crippen LogP contribution in [0.5, 0.6) is 17.2 Å². The Labute approximate surface area is 248 Å². The Morgan fingerprint density at radius 2 is 2.02 bits per heavy atom. The lowest BCUT2D eigenvalue weighted by Crippen LogP contribution is -2.46. The average Bonchev–Trinajstić information content (AvgIpc) is 3.65. The number of hydrogen-bond acceptors (Lipinski definition) is 14. The van der Waals surface area contributed by atoms with Gasteiger partial charge < -0.3 is 29.5 Å². The molecule has 0 radical (unpaired) electrons. The van der Waals surface area contributed by atoms with Gasteiger partial charge in [0.25, 0.3) is 5.91 Å². The number of anilines is 2. The second-order valence-corrected chi connectivity index (χ2v) is 11.1. The van der Waals surface area contributed by atoms with E-state index in [4.69, 9.17) is 24.4 Å². The maximum absolute atomic E-state index is 13.3. The van der Waals surface area contributed by atoms with Gasteiger partial charge in [0.2, 0.25) is 16.0 Å². The fourth-order valence-corrected chi connectivity index (χ4v) is 6.27. The number of methoxy groups -OCH3 is 2. The van der Waals surface area contributed by atoms with Crippen LogP contribution in [0.4, 0.5) is 10.9 Å². The van der Waals surface area contributed by atoms with Gasteiger partial charge in [-0.2, -0.15) is 21.5 Å². The number of thioether (sulfide) groups is 1. The lowest BCUT2D eigenvalue weighted by Gasteiger charge is -2.33. The highest BCUT2D eigenvalue weighted by molar-refractivity contribution is 7.99. The zero-order valence-corrected chi connectivity index (χ0v) is 24.4. The third kappa shape index (κ3) is 6.20. The molecule has 1 aromatic carbocycles. The first-order chi connectivity index (χ1) is 20.4. The van der Waals surface area contributed by atoms with Crippen LogP contribution in [0.15, 0.2) is 45.7 Å². The number of nitrogens with zero attached hydrogens (tertiary/aromatic N) is 5. The van der Waals surface area contributed by atoms with Gasteiger partial charge in [0.1, 0.15) is 23.9 Å². The molecule has 1 aliphatic rings. The molecule has 1 amide bonds. The lowest BCUT2D eigenvalue weighted by atomic mass is 10.0. The number of nitrogens with two attached hydrogens (primary N) is 1. The molecule has 1 aliphatic heterocycles. The van der Waals surface area contributed by atoms with Crippen molar-refractivity contribution in [3.05, 3.63) is 52.7 Å². The molecule has 42 heavy (non-hydrogen) atoms. The van der Waals surface area contributed by atoms with Crippen molar-refractivity contribution in [2.45, 2.75) is 6.04 Å². The van der Waals surface area contributed by atoms with Crippen LogP contribution in [0.2, 0.25) is 0 Å². The lowest BCUT2D eigenvalue weighted by molar-refractivity contribution is 0.0990. The van der Waals surface area contributed by atoms with Crippen molar-refractivity contribution >= 4 is 40.0 Å². The number of aromatic nitrogens is 4. The van der Waals surface area contributed by atoms with E-state index in [1.165, 1.54) is 31.2 Å². The third-order valence-electron chi connectivity index (χ3n) is 6.50. The average molecular weight is 616 g/mol. The van der Waals surface area contributed by atoms with Crippen LogP contribution in [0.3, 0.4) is 0 Å². The van der Waals surface area contributed by atoms with Gasteiger partial charge in [0.15, 0.2) is 5.76 Å². The number of aliphatic hydroxyl groups excluding tert-OH is 1. The monoisotopic (exact) mass is 615 g/mol. The Bertz CT molecular complexity index is 1580. The van der Waals surface area contributed by atoms with Crippen molar-refractivity contribution in [3.63, 3.8) is 0 Å². The Hall–Kier alpha value is -4.12. The summed E-state index contributed by atoms with van der Waals surface area (Å²) in [6.45, 7) is 1.46. The van der Waals surface area contributed by atoms with Crippen LogP contribution in [-0.2, 0) is 0 Å². The Kier molecular flexibility index (Phi) is 9.26. The number of hydrogen-bond donors (Lipinski definition) is 3. The minimum Gasteiger partial charge on any atom is -0.496 e.